The lowest BCUT2D eigenvalue weighted by Crippen LogP contribution is -2.63. The van der Waals surface area contributed by atoms with Gasteiger partial charge in [0.15, 0.2) is 24.8 Å². The Morgan fingerprint density at radius 3 is 1.73 bits per heavy atom. The summed E-state index contributed by atoms with van der Waals surface area (Å²) < 4.78 is 68.3. The second kappa shape index (κ2) is 23.6. The van der Waals surface area contributed by atoms with Crippen molar-refractivity contribution in [2.75, 3.05) is 19.8 Å². The molecular formula is C47H57NO16. The minimum absolute atomic E-state index is 0.0690. The zero-order valence-electron chi connectivity index (χ0n) is 36.6. The molecule has 3 unspecified atom stereocenters. The molecule has 0 saturated carbocycles. The van der Waals surface area contributed by atoms with Crippen LogP contribution < -0.4 is 0 Å². The van der Waals surface area contributed by atoms with Gasteiger partial charge in [-0.15, -0.1) is 0 Å². The maximum atomic E-state index is 13.2. The van der Waals surface area contributed by atoms with Gasteiger partial charge >= 0.3 is 24.0 Å². The first-order valence-corrected chi connectivity index (χ1v) is 21.4. The van der Waals surface area contributed by atoms with E-state index < -0.39 is 104 Å². The molecule has 17 heteroatoms. The molecule has 17 nitrogen and oxygen atoms in total. The van der Waals surface area contributed by atoms with E-state index in [1.54, 1.807) is 0 Å². The van der Waals surface area contributed by atoms with Crippen LogP contribution in [0.4, 0.5) is 4.79 Å². The lowest BCUT2D eigenvalue weighted by atomic mass is 9.91. The third kappa shape index (κ3) is 13.2. The van der Waals surface area contributed by atoms with Gasteiger partial charge in [0.25, 0.3) is 0 Å². The maximum absolute atomic E-state index is 13.2. The first kappa shape index (κ1) is 48.2. The first-order chi connectivity index (χ1) is 30.9. The van der Waals surface area contributed by atoms with Crippen molar-refractivity contribution in [1.29, 1.82) is 0 Å². The molecule has 3 aromatic rings. The fraction of sp³-hybridized carbons (Fsp3) is 0.511. The highest BCUT2D eigenvalue weighted by molar-refractivity contribution is 5.92. The number of benzene rings is 3. The molecule has 346 valence electrons. The molecule has 0 bridgehead atoms. The third-order valence-corrected chi connectivity index (χ3v) is 10.7. The van der Waals surface area contributed by atoms with Gasteiger partial charge in [0.2, 0.25) is 5.91 Å². The van der Waals surface area contributed by atoms with Crippen LogP contribution in [0.3, 0.4) is 0 Å². The number of hydrogen-bond acceptors (Lipinski definition) is 16. The van der Waals surface area contributed by atoms with Gasteiger partial charge in [-0.2, -0.15) is 0 Å². The number of rotatable bonds is 21. The van der Waals surface area contributed by atoms with E-state index in [0.29, 0.717) is 13.0 Å². The van der Waals surface area contributed by atoms with E-state index >= 15 is 0 Å². The number of hydrogen-bond donors (Lipinski definition) is 0. The van der Waals surface area contributed by atoms with E-state index in [1.807, 2.05) is 97.9 Å². The molecule has 64 heavy (non-hydrogen) atoms. The third-order valence-electron chi connectivity index (χ3n) is 10.7. The van der Waals surface area contributed by atoms with Crippen molar-refractivity contribution in [3.8, 4) is 0 Å². The number of amides is 2. The SMILES string of the molecule is CCCO[C@@H]1O[C@H](COC2C[C@@H]3OC(=O)N(C(C)=O)[C@H]3[C@H](C(OC(C)=O)C(COC(C)=O)OC(C)=O)O2)[C@H](OCc2ccccc2)[C@H](OCc2ccccc2)[C@H]1OCc1ccccc1. The van der Waals surface area contributed by atoms with E-state index in [9.17, 15) is 24.0 Å². The number of carbonyl (C=O) groups is 5. The van der Waals surface area contributed by atoms with Crippen LogP contribution in [0.2, 0.25) is 0 Å². The van der Waals surface area contributed by atoms with Crippen LogP contribution in [0.15, 0.2) is 91.0 Å². The summed E-state index contributed by atoms with van der Waals surface area (Å²) in [4.78, 5) is 63.9. The summed E-state index contributed by atoms with van der Waals surface area (Å²) in [7, 11) is 0. The monoisotopic (exact) mass is 891 g/mol. The average Bonchev–Trinajstić information content (AvgIpc) is 3.62. The summed E-state index contributed by atoms with van der Waals surface area (Å²) in [5, 5.41) is 0. The Hall–Kier alpha value is -5.27. The number of fused-ring (bicyclic) bond motifs is 1. The highest BCUT2D eigenvalue weighted by atomic mass is 16.7. The summed E-state index contributed by atoms with van der Waals surface area (Å²) >= 11 is 0. The van der Waals surface area contributed by atoms with Gasteiger partial charge in [0.05, 0.1) is 26.4 Å². The van der Waals surface area contributed by atoms with E-state index in [0.717, 1.165) is 42.4 Å². The van der Waals surface area contributed by atoms with Gasteiger partial charge < -0.3 is 52.1 Å². The molecule has 6 rings (SSSR count). The molecular weight excluding hydrogens is 835 g/mol. The molecule has 0 aliphatic carbocycles. The van der Waals surface area contributed by atoms with Crippen LogP contribution in [-0.2, 0) is 91.1 Å². The zero-order valence-corrected chi connectivity index (χ0v) is 36.6. The Morgan fingerprint density at radius 2 is 1.22 bits per heavy atom. The number of ether oxygens (including phenoxy) is 11. The van der Waals surface area contributed by atoms with Gasteiger partial charge in [-0.25, -0.2) is 9.69 Å². The second-order valence-electron chi connectivity index (χ2n) is 15.6. The average molecular weight is 892 g/mol. The minimum atomic E-state index is -1.52. The van der Waals surface area contributed by atoms with Gasteiger partial charge in [-0.05, 0) is 23.1 Å². The molecule has 3 aliphatic heterocycles. The standard InChI is InChI=1S/C47H57NO16/c1-6-22-54-46-45(59-26-35-20-14-9-15-21-35)44(58-25-34-18-12-8-13-19-34)41(57-24-33-16-10-7-11-17-33)37(62-46)28-56-39-23-36-40(48(29(2)49)47(53)63-36)43(64-39)42(61-32(5)52)38(60-31(4)51)27-55-30(3)50/h7-21,36-46H,6,22-28H2,1-5H3/t36-,37+,38?,39?,40+,41-,42?,43+,44-,45+,46+/m0/s1. The minimum Gasteiger partial charge on any atom is -0.462 e. The van der Waals surface area contributed by atoms with Crippen molar-refractivity contribution >= 4 is 29.9 Å². The number of carbonyl (C=O) groups excluding carboxylic acids is 5. The van der Waals surface area contributed by atoms with Crippen LogP contribution in [-0.4, -0.2) is 122 Å². The molecule has 0 aromatic heterocycles. The quantitative estimate of drug-likeness (QED) is 0.100. The predicted octanol–water partition coefficient (Wildman–Crippen LogP) is 5.19. The van der Waals surface area contributed by atoms with Crippen molar-refractivity contribution in [2.45, 2.75) is 135 Å². The van der Waals surface area contributed by atoms with Gasteiger partial charge in [0, 0.05) is 40.7 Å². The van der Waals surface area contributed by atoms with E-state index in [1.165, 1.54) is 6.92 Å². The van der Waals surface area contributed by atoms with Crippen LogP contribution in [0.1, 0.15) is 64.2 Å². The second-order valence-corrected chi connectivity index (χ2v) is 15.6. The molecule has 3 aliphatic rings. The van der Waals surface area contributed by atoms with Gasteiger partial charge in [0.1, 0.15) is 49.3 Å². The molecule has 0 radical (unpaired) electrons. The Bertz CT molecular complexity index is 1970. The summed E-state index contributed by atoms with van der Waals surface area (Å²) in [6.45, 7) is 6.76. The highest BCUT2D eigenvalue weighted by Gasteiger charge is 2.58. The van der Waals surface area contributed by atoms with Crippen molar-refractivity contribution < 1.29 is 76.1 Å². The molecule has 0 N–H and O–H groups in total. The Balaban J connectivity index is 1.33. The molecule has 3 saturated heterocycles. The number of esters is 3. The lowest BCUT2D eigenvalue weighted by molar-refractivity contribution is -0.336. The van der Waals surface area contributed by atoms with Crippen LogP contribution in [0.5, 0.6) is 0 Å². The Morgan fingerprint density at radius 1 is 0.672 bits per heavy atom. The molecule has 11 atom stereocenters. The summed E-state index contributed by atoms with van der Waals surface area (Å²) in [6, 6.07) is 27.8. The Labute approximate surface area is 372 Å². The molecule has 0 spiro atoms. The molecule has 2 amide bonds. The first-order valence-electron chi connectivity index (χ1n) is 21.4. The summed E-state index contributed by atoms with van der Waals surface area (Å²) in [5.41, 5.74) is 2.74. The smallest absolute Gasteiger partial charge is 0.417 e. The molecule has 3 aromatic carbocycles. The predicted molar refractivity (Wildman–Crippen MR) is 224 cm³/mol. The molecule has 3 fully saturated rings. The van der Waals surface area contributed by atoms with Crippen molar-refractivity contribution in [1.82, 2.24) is 4.90 Å². The van der Waals surface area contributed by atoms with Crippen molar-refractivity contribution in [3.05, 3.63) is 108 Å². The van der Waals surface area contributed by atoms with Crippen LogP contribution in [0, 0.1) is 0 Å². The van der Waals surface area contributed by atoms with E-state index in [-0.39, 0.29) is 32.8 Å². The topological polar surface area (TPSA) is 190 Å². The van der Waals surface area contributed by atoms with Crippen LogP contribution >= 0.6 is 0 Å². The van der Waals surface area contributed by atoms with E-state index in [2.05, 4.69) is 0 Å². The van der Waals surface area contributed by atoms with Gasteiger partial charge in [-0.3, -0.25) is 19.2 Å². The highest BCUT2D eigenvalue weighted by Crippen LogP contribution is 2.38. The number of imide groups is 1. The summed E-state index contributed by atoms with van der Waals surface area (Å²) in [6.07, 6.45) is -11.1. The van der Waals surface area contributed by atoms with Gasteiger partial charge in [-0.1, -0.05) is 97.9 Å². The van der Waals surface area contributed by atoms with Crippen LogP contribution in [0.25, 0.3) is 0 Å². The Kier molecular flexibility index (Phi) is 17.8. The molecule has 3 heterocycles. The fourth-order valence-corrected chi connectivity index (χ4v) is 7.91. The van der Waals surface area contributed by atoms with E-state index in [4.69, 9.17) is 52.1 Å². The van der Waals surface area contributed by atoms with Crippen molar-refractivity contribution in [3.63, 3.8) is 0 Å². The normalized spacial score (nSPS) is 26.2. The fourth-order valence-electron chi connectivity index (χ4n) is 7.91. The largest absolute Gasteiger partial charge is 0.462 e. The van der Waals surface area contributed by atoms with Crippen molar-refractivity contribution in [2.24, 2.45) is 0 Å². The lowest BCUT2D eigenvalue weighted by Gasteiger charge is -2.46. The summed E-state index contributed by atoms with van der Waals surface area (Å²) in [5.74, 6) is -2.98. The number of nitrogens with zero attached hydrogens (tertiary/aromatic N) is 1. The maximum Gasteiger partial charge on any atom is 0.417 e. The zero-order chi connectivity index (χ0) is 45.6.